The molecule has 0 saturated heterocycles. The highest BCUT2D eigenvalue weighted by Crippen LogP contribution is 2.32. The van der Waals surface area contributed by atoms with E-state index in [2.05, 4.69) is 15.0 Å². The summed E-state index contributed by atoms with van der Waals surface area (Å²) in [4.78, 5) is 25.1. The first-order valence-corrected chi connectivity index (χ1v) is 8.33. The number of aromatic nitrogens is 5. The molecule has 0 atom stereocenters. The molecule has 6 nitrogen and oxygen atoms in total. The van der Waals surface area contributed by atoms with Crippen LogP contribution >= 0.6 is 0 Å². The van der Waals surface area contributed by atoms with Gasteiger partial charge >= 0.3 is 11.9 Å². The maximum absolute atomic E-state index is 13.0. The summed E-state index contributed by atoms with van der Waals surface area (Å²) >= 11 is 0. The van der Waals surface area contributed by atoms with Crippen LogP contribution in [0.15, 0.2) is 59.8 Å². The Hall–Kier alpha value is -3.49. The number of pyridine rings is 1. The van der Waals surface area contributed by atoms with Crippen LogP contribution in [0.2, 0.25) is 0 Å². The van der Waals surface area contributed by atoms with Crippen molar-refractivity contribution in [2.24, 2.45) is 7.05 Å². The van der Waals surface area contributed by atoms with E-state index in [-0.39, 0.29) is 12.2 Å². The molecule has 0 amide bonds. The maximum atomic E-state index is 13.0. The third-order valence-corrected chi connectivity index (χ3v) is 4.42. The average molecular weight is 385 g/mol. The van der Waals surface area contributed by atoms with Gasteiger partial charge in [-0.25, -0.2) is 19.7 Å². The maximum Gasteiger partial charge on any atom is 0.416 e. The van der Waals surface area contributed by atoms with Gasteiger partial charge in [-0.15, -0.1) is 0 Å². The van der Waals surface area contributed by atoms with E-state index in [0.717, 1.165) is 12.1 Å². The summed E-state index contributed by atoms with van der Waals surface area (Å²) in [6.45, 7) is 0.130. The highest BCUT2D eigenvalue weighted by Gasteiger charge is 2.30. The molecule has 3 aromatic heterocycles. The number of nitrogens with zero attached hydrogens (tertiary/aromatic N) is 5. The summed E-state index contributed by atoms with van der Waals surface area (Å²) in [5, 5.41) is 0. The highest BCUT2D eigenvalue weighted by molar-refractivity contribution is 5.79. The smallest absolute Gasteiger partial charge is 0.283 e. The molecule has 0 fully saturated rings. The van der Waals surface area contributed by atoms with Crippen LogP contribution in [0.25, 0.3) is 22.3 Å². The van der Waals surface area contributed by atoms with Gasteiger partial charge in [0.2, 0.25) is 0 Å². The lowest BCUT2D eigenvalue weighted by atomic mass is 10.0. The Morgan fingerprint density at radius 2 is 1.75 bits per heavy atom. The lowest BCUT2D eigenvalue weighted by molar-refractivity contribution is -0.137. The molecular formula is C19H14F3N5O. The normalized spacial score (nSPS) is 11.9. The van der Waals surface area contributed by atoms with E-state index in [1.807, 2.05) is 0 Å². The Balaban J connectivity index is 1.85. The van der Waals surface area contributed by atoms with Crippen molar-refractivity contribution in [3.8, 4) is 11.1 Å². The van der Waals surface area contributed by atoms with E-state index < -0.39 is 11.7 Å². The predicted molar refractivity (Wildman–Crippen MR) is 96.5 cm³/mol. The monoisotopic (exact) mass is 385 g/mol. The van der Waals surface area contributed by atoms with Crippen molar-refractivity contribution in [2.45, 2.75) is 12.7 Å². The first-order valence-electron chi connectivity index (χ1n) is 8.33. The molecule has 0 bridgehead atoms. The zero-order valence-corrected chi connectivity index (χ0v) is 14.7. The predicted octanol–water partition coefficient (Wildman–Crippen LogP) is 3.26. The van der Waals surface area contributed by atoms with Gasteiger partial charge < -0.3 is 0 Å². The Bertz CT molecular complexity index is 1210. The summed E-state index contributed by atoms with van der Waals surface area (Å²) in [6, 6.07) is 8.32. The molecule has 0 radical (unpaired) electrons. The quantitative estimate of drug-likeness (QED) is 0.543. The number of aryl methyl sites for hydroxylation is 1. The minimum atomic E-state index is -4.44. The second kappa shape index (κ2) is 6.59. The van der Waals surface area contributed by atoms with Crippen LogP contribution in [0.3, 0.4) is 0 Å². The first-order chi connectivity index (χ1) is 13.3. The Morgan fingerprint density at radius 1 is 1.00 bits per heavy atom. The van der Waals surface area contributed by atoms with Gasteiger partial charge in [-0.2, -0.15) is 13.2 Å². The van der Waals surface area contributed by atoms with E-state index in [4.69, 9.17) is 0 Å². The Kier molecular flexibility index (Phi) is 4.21. The largest absolute Gasteiger partial charge is 0.416 e. The zero-order valence-electron chi connectivity index (χ0n) is 14.7. The van der Waals surface area contributed by atoms with E-state index in [1.165, 1.54) is 21.4 Å². The summed E-state index contributed by atoms with van der Waals surface area (Å²) < 4.78 is 41.9. The second-order valence-electron chi connectivity index (χ2n) is 6.24. The van der Waals surface area contributed by atoms with Crippen LogP contribution in [0.4, 0.5) is 13.2 Å². The fraction of sp³-hybridized carbons (Fsp3) is 0.158. The lowest BCUT2D eigenvalue weighted by Crippen LogP contribution is -2.23. The van der Waals surface area contributed by atoms with Crippen molar-refractivity contribution in [3.05, 3.63) is 76.9 Å². The van der Waals surface area contributed by atoms with E-state index in [1.54, 1.807) is 37.6 Å². The van der Waals surface area contributed by atoms with Crippen molar-refractivity contribution >= 4 is 11.2 Å². The van der Waals surface area contributed by atoms with Crippen molar-refractivity contribution in [1.29, 1.82) is 0 Å². The topological polar surface area (TPSA) is 65.6 Å². The van der Waals surface area contributed by atoms with E-state index in [0.29, 0.717) is 28.1 Å². The summed E-state index contributed by atoms with van der Waals surface area (Å²) in [6.07, 6.45) is 0.170. The number of fused-ring (bicyclic) bond motifs is 1. The molecule has 4 aromatic rings. The molecule has 0 saturated carbocycles. The van der Waals surface area contributed by atoms with Gasteiger partial charge in [-0.05, 0) is 29.8 Å². The lowest BCUT2D eigenvalue weighted by Gasteiger charge is -2.09. The fourth-order valence-corrected chi connectivity index (χ4v) is 3.02. The van der Waals surface area contributed by atoms with Gasteiger partial charge in [0, 0.05) is 31.2 Å². The SMILES string of the molecule is Cn1c(=O)n(Cc2ncccn2)c2cc(-c3cccc(C(F)(F)F)c3)cnc21. The third kappa shape index (κ3) is 3.15. The van der Waals surface area contributed by atoms with Crippen LogP contribution < -0.4 is 5.69 Å². The Labute approximate surface area is 156 Å². The van der Waals surface area contributed by atoms with Crippen molar-refractivity contribution in [1.82, 2.24) is 24.1 Å². The van der Waals surface area contributed by atoms with Crippen LogP contribution in [0.5, 0.6) is 0 Å². The molecule has 0 aliphatic rings. The molecule has 28 heavy (non-hydrogen) atoms. The van der Waals surface area contributed by atoms with Crippen LogP contribution in [-0.4, -0.2) is 24.1 Å². The molecular weight excluding hydrogens is 371 g/mol. The molecule has 0 aliphatic carbocycles. The van der Waals surface area contributed by atoms with Gasteiger partial charge in [-0.1, -0.05) is 12.1 Å². The van der Waals surface area contributed by atoms with Crippen molar-refractivity contribution in [3.63, 3.8) is 0 Å². The molecule has 1 aromatic carbocycles. The first kappa shape index (κ1) is 17.9. The fourth-order valence-electron chi connectivity index (χ4n) is 3.02. The molecule has 0 N–H and O–H groups in total. The molecule has 0 spiro atoms. The molecule has 3 heterocycles. The molecule has 142 valence electrons. The summed E-state index contributed by atoms with van der Waals surface area (Å²) in [7, 11) is 1.59. The van der Waals surface area contributed by atoms with Gasteiger partial charge in [0.1, 0.15) is 5.82 Å². The third-order valence-electron chi connectivity index (χ3n) is 4.42. The molecule has 0 unspecified atom stereocenters. The molecule has 9 heteroatoms. The van der Waals surface area contributed by atoms with Crippen LogP contribution in [0.1, 0.15) is 11.4 Å². The van der Waals surface area contributed by atoms with E-state index >= 15 is 0 Å². The number of hydrogen-bond donors (Lipinski definition) is 0. The van der Waals surface area contributed by atoms with Gasteiger partial charge in [-0.3, -0.25) is 9.13 Å². The number of rotatable bonds is 3. The number of alkyl halides is 3. The average Bonchev–Trinajstić information content (AvgIpc) is 2.93. The summed E-state index contributed by atoms with van der Waals surface area (Å²) in [5.41, 5.74) is 0.714. The zero-order chi connectivity index (χ0) is 19.9. The van der Waals surface area contributed by atoms with Gasteiger partial charge in [0.05, 0.1) is 17.6 Å². The molecule has 0 aliphatic heterocycles. The van der Waals surface area contributed by atoms with Crippen molar-refractivity contribution in [2.75, 3.05) is 0 Å². The number of hydrogen-bond acceptors (Lipinski definition) is 4. The Morgan fingerprint density at radius 3 is 2.46 bits per heavy atom. The van der Waals surface area contributed by atoms with Crippen LogP contribution in [-0.2, 0) is 19.8 Å². The van der Waals surface area contributed by atoms with E-state index in [9.17, 15) is 18.0 Å². The number of benzene rings is 1. The van der Waals surface area contributed by atoms with Gasteiger partial charge in [0.15, 0.2) is 5.65 Å². The van der Waals surface area contributed by atoms with Gasteiger partial charge in [0.25, 0.3) is 0 Å². The van der Waals surface area contributed by atoms with Crippen molar-refractivity contribution < 1.29 is 13.2 Å². The standard InChI is InChI=1S/C19H14F3N5O/c1-26-17-15(27(18(26)28)11-16-23-6-3-7-24-16)9-13(10-25-17)12-4-2-5-14(8-12)19(20,21)22/h2-10H,11H2,1H3. The molecule has 4 rings (SSSR count). The second-order valence-corrected chi connectivity index (χ2v) is 6.24. The minimum absolute atomic E-state index is 0.130. The number of halogens is 3. The highest BCUT2D eigenvalue weighted by atomic mass is 19.4. The summed E-state index contributed by atoms with van der Waals surface area (Å²) in [5.74, 6) is 0.446. The minimum Gasteiger partial charge on any atom is -0.283 e. The number of imidazole rings is 1. The van der Waals surface area contributed by atoms with Crippen LogP contribution in [0, 0.1) is 0 Å².